The summed E-state index contributed by atoms with van der Waals surface area (Å²) in [6.07, 6.45) is 6.34. The Bertz CT molecular complexity index is 1040. The average molecular weight is 573 g/mol. The van der Waals surface area contributed by atoms with Crippen molar-refractivity contribution >= 4 is 35.4 Å². The lowest BCUT2D eigenvalue weighted by Crippen LogP contribution is -2.48. The van der Waals surface area contributed by atoms with Gasteiger partial charge in [0.05, 0.1) is 29.2 Å². The SMILES string of the molecule is CC(C)NC(=O)C(CC(C)(C)C(C)(C)C#N)C(C)(C)SCCNC(=O)CCCN1C(=O)[C@@H]2C3C=CC(C3)[C@@H]2C1=O. The van der Waals surface area contributed by atoms with E-state index in [9.17, 15) is 24.4 Å². The molecule has 0 radical (unpaired) electrons. The summed E-state index contributed by atoms with van der Waals surface area (Å²) in [6.45, 7) is 16.7. The molecule has 0 spiro atoms. The summed E-state index contributed by atoms with van der Waals surface area (Å²) in [7, 11) is 0. The first-order valence-electron chi connectivity index (χ1n) is 14.7. The Balaban J connectivity index is 1.46. The molecule has 5 atom stereocenters. The lowest BCUT2D eigenvalue weighted by Gasteiger charge is -2.43. The number of thioether (sulfide) groups is 1. The number of amides is 4. The summed E-state index contributed by atoms with van der Waals surface area (Å²) in [5.74, 6) is 0.0596. The van der Waals surface area contributed by atoms with Gasteiger partial charge in [0.25, 0.3) is 0 Å². The molecule has 2 fully saturated rings. The zero-order valence-electron chi connectivity index (χ0n) is 25.5. The second kappa shape index (κ2) is 12.3. The minimum Gasteiger partial charge on any atom is -0.355 e. The molecule has 2 N–H and O–H groups in total. The van der Waals surface area contributed by atoms with Gasteiger partial charge in [0.15, 0.2) is 0 Å². The molecule has 9 heteroatoms. The van der Waals surface area contributed by atoms with E-state index in [4.69, 9.17) is 0 Å². The van der Waals surface area contributed by atoms with Gasteiger partial charge in [-0.15, -0.1) is 0 Å². The maximum Gasteiger partial charge on any atom is 0.233 e. The van der Waals surface area contributed by atoms with E-state index in [2.05, 4.69) is 42.7 Å². The topological polar surface area (TPSA) is 119 Å². The van der Waals surface area contributed by atoms with Crippen molar-refractivity contribution in [3.8, 4) is 6.07 Å². The van der Waals surface area contributed by atoms with Crippen LogP contribution in [-0.4, -0.2) is 58.2 Å². The first-order chi connectivity index (χ1) is 18.5. The molecule has 8 nitrogen and oxygen atoms in total. The quantitative estimate of drug-likeness (QED) is 0.182. The highest BCUT2D eigenvalue weighted by molar-refractivity contribution is 8.00. The second-order valence-corrected chi connectivity index (χ2v) is 15.5. The Kier molecular flexibility index (Phi) is 9.86. The predicted octanol–water partition coefficient (Wildman–Crippen LogP) is 4.31. The highest BCUT2D eigenvalue weighted by Gasteiger charge is 2.59. The fourth-order valence-corrected chi connectivity index (χ4v) is 7.35. The van der Waals surface area contributed by atoms with Crippen molar-refractivity contribution in [1.29, 1.82) is 5.26 Å². The molecule has 0 aromatic rings. The molecule has 2 aliphatic carbocycles. The lowest BCUT2D eigenvalue weighted by atomic mass is 9.63. The number of imide groups is 1. The molecule has 1 saturated carbocycles. The molecule has 3 unspecified atom stereocenters. The van der Waals surface area contributed by atoms with Crippen molar-refractivity contribution in [2.75, 3.05) is 18.8 Å². The predicted molar refractivity (Wildman–Crippen MR) is 158 cm³/mol. The standard InChI is InChI=1S/C31H48N4O4S/c1-19(2)34-26(37)22(17-29(3,4)30(5,6)18-32)31(7,8)40-15-13-33-23(36)10-9-14-35-27(38)24-20-11-12-21(16-20)25(24)28(35)39/h11-12,19-22,24-25H,9-10,13-17H2,1-8H3,(H,33,36)(H,34,37)/t20?,21?,22?,24-,25+. The number of allylic oxidation sites excluding steroid dienone is 2. The molecular weight excluding hydrogens is 524 g/mol. The average Bonchev–Trinajstić information content (AvgIpc) is 3.54. The fraction of sp³-hybridized carbons (Fsp3) is 0.774. The van der Waals surface area contributed by atoms with Gasteiger partial charge >= 0.3 is 0 Å². The van der Waals surface area contributed by atoms with Crippen LogP contribution in [0.5, 0.6) is 0 Å². The van der Waals surface area contributed by atoms with Crippen LogP contribution in [0.3, 0.4) is 0 Å². The van der Waals surface area contributed by atoms with Crippen molar-refractivity contribution < 1.29 is 19.2 Å². The van der Waals surface area contributed by atoms with Gasteiger partial charge in [-0.25, -0.2) is 0 Å². The highest BCUT2D eigenvalue weighted by atomic mass is 32.2. The number of fused-ring (bicyclic) bond motifs is 5. The summed E-state index contributed by atoms with van der Waals surface area (Å²) in [4.78, 5) is 52.8. The molecule has 4 amide bonds. The third kappa shape index (κ3) is 6.75. The van der Waals surface area contributed by atoms with Crippen molar-refractivity contribution in [3.05, 3.63) is 12.2 Å². The van der Waals surface area contributed by atoms with E-state index in [-0.39, 0.29) is 71.1 Å². The fourth-order valence-electron chi connectivity index (χ4n) is 6.23. The van der Waals surface area contributed by atoms with Crippen molar-refractivity contribution in [2.45, 2.75) is 91.9 Å². The van der Waals surface area contributed by atoms with Crippen LogP contribution >= 0.6 is 11.8 Å². The van der Waals surface area contributed by atoms with Crippen LogP contribution in [0.1, 0.15) is 81.1 Å². The Morgan fingerprint density at radius 2 is 1.65 bits per heavy atom. The summed E-state index contributed by atoms with van der Waals surface area (Å²) >= 11 is 1.64. The van der Waals surface area contributed by atoms with Gasteiger partial charge in [0.1, 0.15) is 0 Å². The lowest BCUT2D eigenvalue weighted by molar-refractivity contribution is -0.141. The molecule has 40 heavy (non-hydrogen) atoms. The molecule has 1 aliphatic heterocycles. The van der Waals surface area contributed by atoms with Crippen LogP contribution in [0.15, 0.2) is 12.2 Å². The van der Waals surface area contributed by atoms with E-state index in [1.807, 2.05) is 41.5 Å². The number of likely N-dealkylation sites (tertiary alicyclic amines) is 1. The van der Waals surface area contributed by atoms with Gasteiger partial charge in [-0.05, 0) is 78.1 Å². The largest absolute Gasteiger partial charge is 0.355 e. The van der Waals surface area contributed by atoms with E-state index in [0.29, 0.717) is 31.7 Å². The number of carbonyl (C=O) groups excluding carboxylic acids is 4. The minimum atomic E-state index is -0.600. The van der Waals surface area contributed by atoms with Gasteiger partial charge in [-0.2, -0.15) is 17.0 Å². The van der Waals surface area contributed by atoms with Gasteiger partial charge in [0.2, 0.25) is 23.6 Å². The molecular formula is C31H48N4O4S. The van der Waals surface area contributed by atoms with E-state index >= 15 is 0 Å². The minimum absolute atomic E-state index is 0.0136. The Morgan fingerprint density at radius 3 is 2.17 bits per heavy atom. The number of nitriles is 1. The van der Waals surface area contributed by atoms with Gasteiger partial charge in [-0.3, -0.25) is 24.1 Å². The third-order valence-electron chi connectivity index (χ3n) is 9.52. The second-order valence-electron chi connectivity index (χ2n) is 13.8. The first kappa shape index (κ1) is 32.2. The maximum absolute atomic E-state index is 13.3. The normalized spacial score (nSPS) is 24.9. The number of carbonyl (C=O) groups is 4. The monoisotopic (exact) mass is 572 g/mol. The van der Waals surface area contributed by atoms with E-state index in [0.717, 1.165) is 6.42 Å². The molecule has 0 aromatic heterocycles. The molecule has 3 rings (SSSR count). The van der Waals surface area contributed by atoms with Crippen LogP contribution in [0, 0.1) is 51.8 Å². The first-order valence-corrected chi connectivity index (χ1v) is 15.7. The summed E-state index contributed by atoms with van der Waals surface area (Å²) in [5, 5.41) is 15.7. The van der Waals surface area contributed by atoms with Gasteiger partial charge in [-0.1, -0.05) is 26.0 Å². The number of nitrogens with one attached hydrogen (secondary N) is 2. The molecule has 0 aromatic carbocycles. The van der Waals surface area contributed by atoms with Crippen LogP contribution in [-0.2, 0) is 19.2 Å². The Labute approximate surface area is 244 Å². The van der Waals surface area contributed by atoms with Crippen molar-refractivity contribution in [2.24, 2.45) is 40.4 Å². The molecule has 1 saturated heterocycles. The number of hydrogen-bond donors (Lipinski definition) is 2. The zero-order chi connectivity index (χ0) is 30.0. The maximum atomic E-state index is 13.3. The Hall–Kier alpha value is -2.34. The zero-order valence-corrected chi connectivity index (χ0v) is 26.3. The van der Waals surface area contributed by atoms with Crippen LogP contribution in [0.2, 0.25) is 0 Å². The molecule has 1 heterocycles. The Morgan fingerprint density at radius 1 is 1.07 bits per heavy atom. The van der Waals surface area contributed by atoms with E-state index < -0.39 is 10.2 Å². The van der Waals surface area contributed by atoms with E-state index in [1.54, 1.807) is 11.8 Å². The van der Waals surface area contributed by atoms with Crippen molar-refractivity contribution in [1.82, 2.24) is 15.5 Å². The highest BCUT2D eigenvalue weighted by Crippen LogP contribution is 2.52. The van der Waals surface area contributed by atoms with Crippen LogP contribution in [0.25, 0.3) is 0 Å². The summed E-state index contributed by atoms with van der Waals surface area (Å²) in [5.41, 5.74) is -0.989. The van der Waals surface area contributed by atoms with Gasteiger partial charge < -0.3 is 10.6 Å². The van der Waals surface area contributed by atoms with Crippen LogP contribution < -0.4 is 10.6 Å². The van der Waals surface area contributed by atoms with Gasteiger partial charge in [0, 0.05) is 36.1 Å². The third-order valence-corrected chi connectivity index (χ3v) is 11.0. The molecule has 3 aliphatic rings. The summed E-state index contributed by atoms with van der Waals surface area (Å²) < 4.78 is -0.421. The number of hydrogen-bond acceptors (Lipinski definition) is 6. The molecule has 2 bridgehead atoms. The van der Waals surface area contributed by atoms with E-state index in [1.165, 1.54) is 4.90 Å². The number of rotatable bonds is 14. The number of nitrogens with zero attached hydrogens (tertiary/aromatic N) is 2. The van der Waals surface area contributed by atoms with Crippen molar-refractivity contribution in [3.63, 3.8) is 0 Å². The molecule has 222 valence electrons. The summed E-state index contributed by atoms with van der Waals surface area (Å²) in [6, 6.07) is 2.42. The van der Waals surface area contributed by atoms with Crippen LogP contribution in [0.4, 0.5) is 0 Å². The smallest absolute Gasteiger partial charge is 0.233 e.